The minimum atomic E-state index is 0.826. The van der Waals surface area contributed by atoms with Gasteiger partial charge in [0, 0.05) is 11.5 Å². The normalized spacial score (nSPS) is 13.1. The van der Waals surface area contributed by atoms with Crippen molar-refractivity contribution in [2.24, 2.45) is 5.92 Å². The fourth-order valence-corrected chi connectivity index (χ4v) is 4.23. The Morgan fingerprint density at radius 1 is 0.731 bits per heavy atom. The molecule has 0 fully saturated rings. The molecule has 0 aliphatic carbocycles. The van der Waals surface area contributed by atoms with Crippen LogP contribution in [0.4, 0.5) is 0 Å². The van der Waals surface area contributed by atoms with Crippen molar-refractivity contribution in [3.63, 3.8) is 0 Å². The molecule has 0 saturated carbocycles. The van der Waals surface area contributed by atoms with Gasteiger partial charge in [-0.25, -0.2) is 0 Å². The molecule has 0 N–H and O–H groups in total. The SMILES string of the molecule is CCCCCCCCCCCCCC(C)C[N+](C)(C)Cc1ccccc1. The molecule has 0 saturated heterocycles. The van der Waals surface area contributed by atoms with E-state index in [9.17, 15) is 0 Å². The molecule has 1 heteroatoms. The van der Waals surface area contributed by atoms with Gasteiger partial charge < -0.3 is 4.48 Å². The Bertz CT molecular complexity index is 423. The number of benzene rings is 1. The Morgan fingerprint density at radius 3 is 1.77 bits per heavy atom. The van der Waals surface area contributed by atoms with Crippen LogP contribution in [0, 0.1) is 5.92 Å². The topological polar surface area (TPSA) is 0 Å². The van der Waals surface area contributed by atoms with E-state index in [0.717, 1.165) is 16.9 Å². The Hall–Kier alpha value is -0.820. The lowest BCUT2D eigenvalue weighted by atomic mass is 10.00. The number of nitrogens with zero attached hydrogens (tertiary/aromatic N) is 1. The van der Waals surface area contributed by atoms with Crippen molar-refractivity contribution in [2.75, 3.05) is 20.6 Å². The van der Waals surface area contributed by atoms with Gasteiger partial charge in [-0.15, -0.1) is 0 Å². The zero-order valence-corrected chi connectivity index (χ0v) is 18.3. The van der Waals surface area contributed by atoms with E-state index in [-0.39, 0.29) is 0 Å². The van der Waals surface area contributed by atoms with E-state index in [4.69, 9.17) is 0 Å². The second-order valence-corrected chi connectivity index (χ2v) is 9.19. The molecule has 0 aliphatic heterocycles. The summed E-state index contributed by atoms with van der Waals surface area (Å²) < 4.78 is 1.10. The van der Waals surface area contributed by atoms with Crippen LogP contribution in [0.1, 0.15) is 96.5 Å². The molecule has 150 valence electrons. The Kier molecular flexibility index (Phi) is 12.7. The lowest BCUT2D eigenvalue weighted by Crippen LogP contribution is -2.42. The molecule has 26 heavy (non-hydrogen) atoms. The fraction of sp³-hybridized carbons (Fsp3) is 0.760. The minimum absolute atomic E-state index is 0.826. The van der Waals surface area contributed by atoms with Gasteiger partial charge in [-0.2, -0.15) is 0 Å². The third kappa shape index (κ3) is 12.5. The number of unbranched alkanes of at least 4 members (excludes halogenated alkanes) is 10. The smallest absolute Gasteiger partial charge is 0.104 e. The summed E-state index contributed by atoms with van der Waals surface area (Å²) >= 11 is 0. The molecule has 1 atom stereocenters. The summed E-state index contributed by atoms with van der Waals surface area (Å²) in [5.74, 6) is 0.826. The molecular weight excluding hydrogens is 314 g/mol. The molecule has 0 aliphatic rings. The third-order valence-electron chi connectivity index (χ3n) is 5.56. The summed E-state index contributed by atoms with van der Waals surface area (Å²) in [6, 6.07) is 10.9. The summed E-state index contributed by atoms with van der Waals surface area (Å²) in [6.45, 7) is 7.17. The number of rotatable bonds is 16. The molecular formula is C25H46N+. The average Bonchev–Trinajstić information content (AvgIpc) is 2.59. The van der Waals surface area contributed by atoms with E-state index < -0.39 is 0 Å². The molecule has 1 unspecified atom stereocenters. The summed E-state index contributed by atoms with van der Waals surface area (Å²) in [6.07, 6.45) is 17.2. The van der Waals surface area contributed by atoms with Crippen molar-refractivity contribution in [2.45, 2.75) is 97.4 Å². The van der Waals surface area contributed by atoms with Crippen molar-refractivity contribution in [3.05, 3.63) is 35.9 Å². The standard InChI is InChI=1S/C25H46N/c1-5-6-7-8-9-10-11-12-13-14-16-19-24(2)22-26(3,4)23-25-20-17-15-18-21-25/h15,17-18,20-21,24H,5-14,16,19,22-23H2,1-4H3/q+1. The maximum absolute atomic E-state index is 2.45. The molecule has 0 radical (unpaired) electrons. The maximum atomic E-state index is 2.45. The van der Waals surface area contributed by atoms with Crippen molar-refractivity contribution in [1.29, 1.82) is 0 Å². The fourth-order valence-electron chi connectivity index (χ4n) is 4.23. The molecule has 0 bridgehead atoms. The summed E-state index contributed by atoms with van der Waals surface area (Å²) in [5.41, 5.74) is 1.46. The lowest BCUT2D eigenvalue weighted by Gasteiger charge is -2.32. The average molecular weight is 361 g/mol. The summed E-state index contributed by atoms with van der Waals surface area (Å²) in [4.78, 5) is 0. The molecule has 0 aromatic heterocycles. The van der Waals surface area contributed by atoms with Crippen LogP contribution in [-0.4, -0.2) is 25.1 Å². The molecule has 1 aromatic carbocycles. The Morgan fingerprint density at radius 2 is 1.23 bits per heavy atom. The first-order valence-electron chi connectivity index (χ1n) is 11.4. The van der Waals surface area contributed by atoms with Gasteiger partial charge in [0.1, 0.15) is 6.54 Å². The van der Waals surface area contributed by atoms with E-state index >= 15 is 0 Å². The largest absolute Gasteiger partial charge is 0.325 e. The van der Waals surface area contributed by atoms with Crippen molar-refractivity contribution in [3.8, 4) is 0 Å². The van der Waals surface area contributed by atoms with E-state index in [1.165, 1.54) is 89.2 Å². The maximum Gasteiger partial charge on any atom is 0.104 e. The predicted octanol–water partition coefficient (Wildman–Crippen LogP) is 7.60. The molecule has 1 rings (SSSR count). The third-order valence-corrected chi connectivity index (χ3v) is 5.56. The van der Waals surface area contributed by atoms with E-state index in [0.29, 0.717) is 0 Å². The number of hydrogen-bond acceptors (Lipinski definition) is 0. The first-order chi connectivity index (χ1) is 12.5. The van der Waals surface area contributed by atoms with Crippen molar-refractivity contribution >= 4 is 0 Å². The van der Waals surface area contributed by atoms with Crippen LogP contribution < -0.4 is 0 Å². The van der Waals surface area contributed by atoms with Gasteiger partial charge in [-0.05, 0) is 6.42 Å². The van der Waals surface area contributed by atoms with E-state index in [1.807, 2.05) is 0 Å². The number of quaternary nitrogens is 1. The molecule has 0 amide bonds. The first kappa shape index (κ1) is 23.2. The highest BCUT2D eigenvalue weighted by molar-refractivity contribution is 5.13. The monoisotopic (exact) mass is 360 g/mol. The Balaban J connectivity index is 2.00. The summed E-state index contributed by atoms with van der Waals surface area (Å²) in [7, 11) is 4.76. The van der Waals surface area contributed by atoms with Gasteiger partial charge in [-0.3, -0.25) is 0 Å². The molecule has 0 heterocycles. The highest BCUT2D eigenvalue weighted by Gasteiger charge is 2.19. The van der Waals surface area contributed by atoms with Crippen LogP contribution in [0.5, 0.6) is 0 Å². The predicted molar refractivity (Wildman–Crippen MR) is 117 cm³/mol. The van der Waals surface area contributed by atoms with Crippen LogP contribution in [0.3, 0.4) is 0 Å². The quantitative estimate of drug-likeness (QED) is 0.210. The van der Waals surface area contributed by atoms with Gasteiger partial charge in [0.15, 0.2) is 0 Å². The van der Waals surface area contributed by atoms with Crippen molar-refractivity contribution in [1.82, 2.24) is 0 Å². The molecule has 1 nitrogen and oxygen atoms in total. The van der Waals surface area contributed by atoms with Gasteiger partial charge in [0.05, 0.1) is 20.6 Å². The molecule has 0 spiro atoms. The van der Waals surface area contributed by atoms with Crippen LogP contribution in [0.25, 0.3) is 0 Å². The van der Waals surface area contributed by atoms with Gasteiger partial charge >= 0.3 is 0 Å². The lowest BCUT2D eigenvalue weighted by molar-refractivity contribution is -0.906. The highest BCUT2D eigenvalue weighted by Crippen LogP contribution is 2.18. The molecule has 1 aromatic rings. The minimum Gasteiger partial charge on any atom is -0.325 e. The summed E-state index contributed by atoms with van der Waals surface area (Å²) in [5, 5.41) is 0. The first-order valence-corrected chi connectivity index (χ1v) is 11.4. The second kappa shape index (κ2) is 14.3. The van der Waals surface area contributed by atoms with Crippen LogP contribution in [-0.2, 0) is 6.54 Å². The zero-order valence-electron chi connectivity index (χ0n) is 18.3. The van der Waals surface area contributed by atoms with Crippen LogP contribution >= 0.6 is 0 Å². The van der Waals surface area contributed by atoms with E-state index in [2.05, 4.69) is 58.3 Å². The number of hydrogen-bond donors (Lipinski definition) is 0. The second-order valence-electron chi connectivity index (χ2n) is 9.19. The van der Waals surface area contributed by atoms with E-state index in [1.54, 1.807) is 0 Å². The van der Waals surface area contributed by atoms with Gasteiger partial charge in [-0.1, -0.05) is 115 Å². The zero-order chi connectivity index (χ0) is 19.1. The highest BCUT2D eigenvalue weighted by atomic mass is 15.3. The van der Waals surface area contributed by atoms with Crippen molar-refractivity contribution < 1.29 is 4.48 Å². The van der Waals surface area contributed by atoms with Crippen LogP contribution in [0.15, 0.2) is 30.3 Å². The van der Waals surface area contributed by atoms with Gasteiger partial charge in [0.25, 0.3) is 0 Å². The van der Waals surface area contributed by atoms with Gasteiger partial charge in [0.2, 0.25) is 0 Å². The Labute approximate surface area is 164 Å². The van der Waals surface area contributed by atoms with Crippen LogP contribution in [0.2, 0.25) is 0 Å².